The third-order valence-corrected chi connectivity index (χ3v) is 4.50. The molecule has 2 heterocycles. The first-order valence-electron chi connectivity index (χ1n) is 8.36. The average molecular weight is 351 g/mol. The number of para-hydroxylation sites is 1. The van der Waals surface area contributed by atoms with Gasteiger partial charge < -0.3 is 15.4 Å². The molecule has 3 amide bonds. The number of rotatable bonds is 3. The molecule has 1 saturated heterocycles. The Morgan fingerprint density at radius 1 is 1.15 bits per heavy atom. The molecule has 0 radical (unpaired) electrons. The van der Waals surface area contributed by atoms with Gasteiger partial charge in [-0.25, -0.2) is 4.79 Å². The molecule has 0 saturated carbocycles. The van der Waals surface area contributed by atoms with Gasteiger partial charge in [-0.15, -0.1) is 0 Å². The molecule has 2 aliphatic heterocycles. The van der Waals surface area contributed by atoms with Gasteiger partial charge in [-0.1, -0.05) is 24.3 Å². The van der Waals surface area contributed by atoms with Crippen LogP contribution in [0.15, 0.2) is 48.5 Å². The van der Waals surface area contributed by atoms with E-state index in [0.29, 0.717) is 30.2 Å². The van der Waals surface area contributed by atoms with E-state index in [4.69, 9.17) is 4.74 Å². The van der Waals surface area contributed by atoms with Crippen molar-refractivity contribution in [2.24, 2.45) is 0 Å². The smallest absolute Gasteiger partial charge is 0.414 e. The summed E-state index contributed by atoms with van der Waals surface area (Å²) in [5, 5.41) is 5.64. The summed E-state index contributed by atoms with van der Waals surface area (Å²) in [6, 6.07) is 14.3. The van der Waals surface area contributed by atoms with Gasteiger partial charge in [-0.3, -0.25) is 14.5 Å². The maximum absolute atomic E-state index is 12.8. The molecule has 26 heavy (non-hydrogen) atoms. The van der Waals surface area contributed by atoms with Crippen molar-refractivity contribution in [1.82, 2.24) is 0 Å². The lowest BCUT2D eigenvalue weighted by Gasteiger charge is -2.25. The predicted molar refractivity (Wildman–Crippen MR) is 96.2 cm³/mol. The topological polar surface area (TPSA) is 87.7 Å². The summed E-state index contributed by atoms with van der Waals surface area (Å²) in [5.41, 5.74) is 2.68. The van der Waals surface area contributed by atoms with Crippen LogP contribution >= 0.6 is 0 Å². The number of nitrogens with one attached hydrogen (secondary N) is 2. The van der Waals surface area contributed by atoms with Gasteiger partial charge in [0.2, 0.25) is 11.8 Å². The van der Waals surface area contributed by atoms with Gasteiger partial charge >= 0.3 is 6.09 Å². The number of anilines is 3. The molecule has 1 unspecified atom stereocenters. The maximum Gasteiger partial charge on any atom is 0.414 e. The Bertz CT molecular complexity index is 896. The minimum Gasteiger partial charge on any atom is -0.447 e. The van der Waals surface area contributed by atoms with Crippen molar-refractivity contribution in [3.63, 3.8) is 0 Å². The van der Waals surface area contributed by atoms with Crippen molar-refractivity contribution in [2.45, 2.75) is 12.3 Å². The SMILES string of the molecule is O=C1CC(C(=O)Nc2cccc(N3CCOC3=O)c2)c2ccccc2N1. The van der Waals surface area contributed by atoms with Crippen LogP contribution in [-0.2, 0) is 14.3 Å². The van der Waals surface area contributed by atoms with E-state index in [-0.39, 0.29) is 18.2 Å². The first kappa shape index (κ1) is 16.1. The molecule has 2 N–H and O–H groups in total. The number of hydrogen-bond acceptors (Lipinski definition) is 4. The van der Waals surface area contributed by atoms with E-state index in [1.165, 1.54) is 4.90 Å². The van der Waals surface area contributed by atoms with Gasteiger partial charge in [0, 0.05) is 23.5 Å². The number of carbonyl (C=O) groups is 3. The summed E-state index contributed by atoms with van der Waals surface area (Å²) in [6.07, 6.45) is -0.299. The lowest BCUT2D eigenvalue weighted by atomic mass is 9.90. The maximum atomic E-state index is 12.8. The minimum absolute atomic E-state index is 0.0982. The van der Waals surface area contributed by atoms with Crippen molar-refractivity contribution in [3.05, 3.63) is 54.1 Å². The second-order valence-electron chi connectivity index (χ2n) is 6.20. The van der Waals surface area contributed by atoms with Crippen molar-refractivity contribution in [2.75, 3.05) is 28.7 Å². The zero-order chi connectivity index (χ0) is 18.1. The number of nitrogens with zero attached hydrogens (tertiary/aromatic N) is 1. The van der Waals surface area contributed by atoms with E-state index in [9.17, 15) is 14.4 Å². The molecule has 1 atom stereocenters. The molecule has 0 bridgehead atoms. The van der Waals surface area contributed by atoms with Crippen molar-refractivity contribution in [3.8, 4) is 0 Å². The van der Waals surface area contributed by atoms with Crippen LogP contribution in [0.25, 0.3) is 0 Å². The predicted octanol–water partition coefficient (Wildman–Crippen LogP) is 2.71. The summed E-state index contributed by atoms with van der Waals surface area (Å²) in [4.78, 5) is 37.9. The van der Waals surface area contributed by atoms with Crippen LogP contribution in [0.5, 0.6) is 0 Å². The summed E-state index contributed by atoms with van der Waals surface area (Å²) in [5.74, 6) is -0.994. The standard InChI is InChI=1S/C19H17N3O4/c23-17-11-15(14-6-1-2-7-16(14)21-17)18(24)20-12-4-3-5-13(10-12)22-8-9-26-19(22)25/h1-7,10,15H,8-9,11H2,(H,20,24)(H,21,23). The first-order valence-corrected chi connectivity index (χ1v) is 8.36. The van der Waals surface area contributed by atoms with Gasteiger partial charge in [0.15, 0.2) is 0 Å². The molecule has 7 nitrogen and oxygen atoms in total. The Kier molecular flexibility index (Phi) is 4.04. The first-order chi connectivity index (χ1) is 12.6. The highest BCUT2D eigenvalue weighted by Crippen LogP contribution is 2.33. The molecule has 4 rings (SSSR count). The van der Waals surface area contributed by atoms with Gasteiger partial charge in [0.05, 0.1) is 12.5 Å². The number of ether oxygens (including phenoxy) is 1. The lowest BCUT2D eigenvalue weighted by Crippen LogP contribution is -2.30. The molecular weight excluding hydrogens is 334 g/mol. The molecule has 132 valence electrons. The number of hydrogen-bond donors (Lipinski definition) is 2. The Labute approximate surface area is 149 Å². The van der Waals surface area contributed by atoms with Crippen LogP contribution in [0.4, 0.5) is 21.9 Å². The molecule has 2 aromatic carbocycles. The number of fused-ring (bicyclic) bond motifs is 1. The van der Waals surface area contributed by atoms with Gasteiger partial charge in [0.1, 0.15) is 6.61 Å². The zero-order valence-corrected chi connectivity index (χ0v) is 13.9. The highest BCUT2D eigenvalue weighted by molar-refractivity contribution is 6.05. The molecule has 0 spiro atoms. The van der Waals surface area contributed by atoms with Gasteiger partial charge in [-0.2, -0.15) is 0 Å². The second-order valence-corrected chi connectivity index (χ2v) is 6.20. The van der Waals surface area contributed by atoms with Crippen LogP contribution in [0.2, 0.25) is 0 Å². The summed E-state index contributed by atoms with van der Waals surface area (Å²) in [6.45, 7) is 0.829. The Morgan fingerprint density at radius 3 is 2.81 bits per heavy atom. The Morgan fingerprint density at radius 2 is 2.00 bits per heavy atom. The van der Waals surface area contributed by atoms with Crippen molar-refractivity contribution >= 4 is 35.0 Å². The number of benzene rings is 2. The number of carbonyl (C=O) groups excluding carboxylic acids is 3. The van der Waals surface area contributed by atoms with Gasteiger partial charge in [0.25, 0.3) is 0 Å². The lowest BCUT2D eigenvalue weighted by molar-refractivity contribution is -0.123. The number of amides is 3. The molecule has 2 aliphatic rings. The van der Waals surface area contributed by atoms with E-state index < -0.39 is 12.0 Å². The average Bonchev–Trinajstić information content (AvgIpc) is 3.07. The van der Waals surface area contributed by atoms with Crippen molar-refractivity contribution < 1.29 is 19.1 Å². The highest BCUT2D eigenvalue weighted by Gasteiger charge is 2.30. The van der Waals surface area contributed by atoms with E-state index >= 15 is 0 Å². The molecule has 7 heteroatoms. The largest absolute Gasteiger partial charge is 0.447 e. The van der Waals surface area contributed by atoms with Crippen LogP contribution in [0.1, 0.15) is 17.9 Å². The monoisotopic (exact) mass is 351 g/mol. The molecule has 2 aromatic rings. The Hall–Kier alpha value is -3.35. The molecule has 0 aliphatic carbocycles. The van der Waals surface area contributed by atoms with E-state index in [0.717, 1.165) is 5.56 Å². The summed E-state index contributed by atoms with van der Waals surface area (Å²) in [7, 11) is 0. The fourth-order valence-electron chi connectivity index (χ4n) is 3.25. The van der Waals surface area contributed by atoms with Crippen LogP contribution in [0.3, 0.4) is 0 Å². The highest BCUT2D eigenvalue weighted by atomic mass is 16.6. The van der Waals surface area contributed by atoms with Crippen LogP contribution in [-0.4, -0.2) is 31.1 Å². The third-order valence-electron chi connectivity index (χ3n) is 4.50. The van der Waals surface area contributed by atoms with E-state index in [2.05, 4.69) is 10.6 Å². The second kappa shape index (κ2) is 6.51. The molecule has 1 fully saturated rings. The third kappa shape index (κ3) is 2.99. The minimum atomic E-state index is -0.555. The van der Waals surface area contributed by atoms with Crippen LogP contribution < -0.4 is 15.5 Å². The number of cyclic esters (lactones) is 1. The van der Waals surface area contributed by atoms with Crippen molar-refractivity contribution in [1.29, 1.82) is 0 Å². The normalized spacial score (nSPS) is 18.8. The zero-order valence-electron chi connectivity index (χ0n) is 13.9. The fraction of sp³-hybridized carbons (Fsp3) is 0.211. The summed E-state index contributed by atoms with van der Waals surface area (Å²) >= 11 is 0. The van der Waals surface area contributed by atoms with E-state index in [1.54, 1.807) is 30.3 Å². The Balaban J connectivity index is 1.55. The van der Waals surface area contributed by atoms with E-state index in [1.807, 2.05) is 18.2 Å². The molecular formula is C19H17N3O4. The van der Waals surface area contributed by atoms with Gasteiger partial charge in [-0.05, 0) is 29.8 Å². The molecule has 0 aromatic heterocycles. The van der Waals surface area contributed by atoms with Crippen LogP contribution in [0, 0.1) is 0 Å². The fourth-order valence-corrected chi connectivity index (χ4v) is 3.25. The summed E-state index contributed by atoms with van der Waals surface area (Å²) < 4.78 is 4.94. The quantitative estimate of drug-likeness (QED) is 0.890.